The van der Waals surface area contributed by atoms with Crippen molar-refractivity contribution in [2.45, 2.75) is 44.4 Å². The molecule has 3 nitrogen and oxygen atoms in total. The molecule has 0 spiro atoms. The highest BCUT2D eigenvalue weighted by molar-refractivity contribution is 6.30. The summed E-state index contributed by atoms with van der Waals surface area (Å²) in [5, 5.41) is 10.2. The number of nitrogens with zero attached hydrogens (tertiary/aromatic N) is 1. The molecule has 2 atom stereocenters. The van der Waals surface area contributed by atoms with Crippen molar-refractivity contribution < 1.29 is 9.90 Å². The van der Waals surface area contributed by atoms with Crippen molar-refractivity contribution >= 4 is 42.4 Å². The van der Waals surface area contributed by atoms with E-state index in [9.17, 15) is 9.90 Å². The van der Waals surface area contributed by atoms with E-state index in [1.165, 1.54) is 12.0 Å². The van der Waals surface area contributed by atoms with E-state index in [1.54, 1.807) is 0 Å². The van der Waals surface area contributed by atoms with Crippen molar-refractivity contribution in [3.63, 3.8) is 0 Å². The number of rotatable bonds is 4. The van der Waals surface area contributed by atoms with Gasteiger partial charge in [0.05, 0.1) is 5.92 Å². The minimum absolute atomic E-state index is 0. The summed E-state index contributed by atoms with van der Waals surface area (Å²) in [6, 6.07) is 8.24. The van der Waals surface area contributed by atoms with Crippen LogP contribution in [-0.4, -0.2) is 35.6 Å². The maximum absolute atomic E-state index is 11.4. The number of carboxylic acids is 1. The van der Waals surface area contributed by atoms with Gasteiger partial charge in [0.25, 0.3) is 0 Å². The summed E-state index contributed by atoms with van der Waals surface area (Å²) in [6.07, 6.45) is 6.52. The molecule has 2 aliphatic rings. The van der Waals surface area contributed by atoms with Crippen molar-refractivity contribution in [1.29, 1.82) is 0 Å². The molecule has 0 amide bonds. The summed E-state index contributed by atoms with van der Waals surface area (Å²) < 4.78 is 0. The van der Waals surface area contributed by atoms with Gasteiger partial charge in [-0.3, -0.25) is 4.79 Å². The molecule has 142 valence electrons. The molecular formula is C19H28Cl3NO2. The van der Waals surface area contributed by atoms with Gasteiger partial charge in [-0.1, -0.05) is 36.6 Å². The number of hydrogen-bond acceptors (Lipinski definition) is 2. The molecule has 6 heteroatoms. The number of carboxylic acid groups (broad SMARTS) is 1. The molecule has 1 saturated heterocycles. The fraction of sp³-hybridized carbons (Fsp3) is 0.632. The number of piperidine rings is 1. The summed E-state index contributed by atoms with van der Waals surface area (Å²) in [5.74, 6) is 0.238. The summed E-state index contributed by atoms with van der Waals surface area (Å²) in [4.78, 5) is 13.9. The fourth-order valence-corrected chi connectivity index (χ4v) is 4.39. The molecule has 1 heterocycles. The van der Waals surface area contributed by atoms with Gasteiger partial charge in [-0.2, -0.15) is 0 Å². The first-order chi connectivity index (χ1) is 11.1. The summed E-state index contributed by atoms with van der Waals surface area (Å²) in [6.45, 7) is 3.12. The van der Waals surface area contributed by atoms with E-state index in [0.717, 1.165) is 56.8 Å². The van der Waals surface area contributed by atoms with Crippen molar-refractivity contribution in [3.05, 3.63) is 34.9 Å². The zero-order chi connectivity index (χ0) is 16.2. The minimum atomic E-state index is -0.592. The van der Waals surface area contributed by atoms with Crippen LogP contribution in [0.2, 0.25) is 5.02 Å². The van der Waals surface area contributed by atoms with E-state index >= 15 is 0 Å². The third kappa shape index (κ3) is 6.02. The Balaban J connectivity index is 0.00000156. The maximum Gasteiger partial charge on any atom is 0.306 e. The lowest BCUT2D eigenvalue weighted by Gasteiger charge is -2.37. The zero-order valence-electron chi connectivity index (χ0n) is 14.4. The molecule has 25 heavy (non-hydrogen) atoms. The van der Waals surface area contributed by atoms with Crippen LogP contribution in [0.25, 0.3) is 0 Å². The first-order valence-corrected chi connectivity index (χ1v) is 9.22. The van der Waals surface area contributed by atoms with Crippen molar-refractivity contribution in [2.24, 2.45) is 11.8 Å². The molecular weight excluding hydrogens is 381 g/mol. The Morgan fingerprint density at radius 3 is 2.24 bits per heavy atom. The Kier molecular flexibility index (Phi) is 9.58. The Hall–Kier alpha value is -0.480. The largest absolute Gasteiger partial charge is 0.481 e. The summed E-state index contributed by atoms with van der Waals surface area (Å²) in [7, 11) is 0. The zero-order valence-corrected chi connectivity index (χ0v) is 16.8. The SMILES string of the molecule is Cl.Cl.O=C(O)C1CCCCC1CN1CCC(c2ccc(Cl)cc2)CC1. The van der Waals surface area contributed by atoms with Gasteiger partial charge < -0.3 is 10.0 Å². The van der Waals surface area contributed by atoms with E-state index in [1.807, 2.05) is 12.1 Å². The quantitative estimate of drug-likeness (QED) is 0.739. The van der Waals surface area contributed by atoms with Crippen molar-refractivity contribution in [3.8, 4) is 0 Å². The third-order valence-corrected chi connectivity index (χ3v) is 5.90. The molecule has 2 unspecified atom stereocenters. The Morgan fingerprint density at radius 1 is 1.04 bits per heavy atom. The predicted molar refractivity (Wildman–Crippen MR) is 107 cm³/mol. The highest BCUT2D eigenvalue weighted by Gasteiger charge is 2.32. The van der Waals surface area contributed by atoms with Gasteiger partial charge >= 0.3 is 5.97 Å². The third-order valence-electron chi connectivity index (χ3n) is 5.65. The first kappa shape index (κ1) is 22.6. The standard InChI is InChI=1S/C19H26ClNO2.2ClH/c20-17-7-5-14(6-8-17)15-9-11-21(12-10-15)13-16-3-1-2-4-18(16)19(22)23;;/h5-8,15-16,18H,1-4,9-13H2,(H,22,23);2*1H. The van der Waals surface area contributed by atoms with Gasteiger partial charge in [-0.25, -0.2) is 0 Å². The molecule has 1 aromatic rings. The van der Waals surface area contributed by atoms with E-state index in [2.05, 4.69) is 17.0 Å². The second kappa shape index (κ2) is 10.6. The van der Waals surface area contributed by atoms with Crippen LogP contribution in [0.3, 0.4) is 0 Å². The van der Waals surface area contributed by atoms with E-state index < -0.39 is 5.97 Å². The van der Waals surface area contributed by atoms with Crippen LogP contribution in [0, 0.1) is 11.8 Å². The fourth-order valence-electron chi connectivity index (χ4n) is 4.27. The number of likely N-dealkylation sites (tertiary alicyclic amines) is 1. The molecule has 0 bridgehead atoms. The molecule has 0 radical (unpaired) electrons. The lowest BCUT2D eigenvalue weighted by atomic mass is 9.78. The number of halogens is 3. The normalized spacial score (nSPS) is 24.8. The van der Waals surface area contributed by atoms with Gasteiger partial charge in [0, 0.05) is 11.6 Å². The molecule has 1 N–H and O–H groups in total. The van der Waals surface area contributed by atoms with Gasteiger partial charge in [0.2, 0.25) is 0 Å². The second-order valence-electron chi connectivity index (χ2n) is 7.12. The van der Waals surface area contributed by atoms with Crippen molar-refractivity contribution in [2.75, 3.05) is 19.6 Å². The minimum Gasteiger partial charge on any atom is -0.481 e. The van der Waals surface area contributed by atoms with Crippen LogP contribution in [0.5, 0.6) is 0 Å². The van der Waals surface area contributed by atoms with Crippen molar-refractivity contribution in [1.82, 2.24) is 4.90 Å². The highest BCUT2D eigenvalue weighted by Crippen LogP contribution is 2.33. The predicted octanol–water partition coefficient (Wildman–Crippen LogP) is 5.25. The Bertz CT molecular complexity index is 530. The van der Waals surface area contributed by atoms with E-state index in [0.29, 0.717) is 11.8 Å². The van der Waals surface area contributed by atoms with Crippen LogP contribution < -0.4 is 0 Å². The topological polar surface area (TPSA) is 40.5 Å². The lowest BCUT2D eigenvalue weighted by molar-refractivity contribution is -0.145. The average molecular weight is 409 g/mol. The molecule has 3 rings (SSSR count). The molecule has 1 aliphatic carbocycles. The smallest absolute Gasteiger partial charge is 0.306 e. The van der Waals surface area contributed by atoms with Crippen LogP contribution in [0.4, 0.5) is 0 Å². The van der Waals surface area contributed by atoms with Gasteiger partial charge in [-0.15, -0.1) is 24.8 Å². The molecule has 1 aliphatic heterocycles. The number of aliphatic carboxylic acids is 1. The van der Waals surface area contributed by atoms with Crippen LogP contribution in [0.15, 0.2) is 24.3 Å². The number of hydrogen-bond donors (Lipinski definition) is 1. The second-order valence-corrected chi connectivity index (χ2v) is 7.55. The maximum atomic E-state index is 11.4. The number of carbonyl (C=O) groups is 1. The van der Waals surface area contributed by atoms with Gasteiger partial charge in [-0.05, 0) is 68.3 Å². The lowest BCUT2D eigenvalue weighted by Crippen LogP contribution is -2.41. The van der Waals surface area contributed by atoms with Gasteiger partial charge in [0.15, 0.2) is 0 Å². The average Bonchev–Trinajstić information content (AvgIpc) is 2.57. The number of benzene rings is 1. The summed E-state index contributed by atoms with van der Waals surface area (Å²) >= 11 is 5.97. The molecule has 1 aromatic carbocycles. The van der Waals surface area contributed by atoms with Crippen LogP contribution >= 0.6 is 36.4 Å². The Morgan fingerprint density at radius 2 is 1.64 bits per heavy atom. The van der Waals surface area contributed by atoms with Crippen LogP contribution in [-0.2, 0) is 4.79 Å². The highest BCUT2D eigenvalue weighted by atomic mass is 35.5. The van der Waals surface area contributed by atoms with Gasteiger partial charge in [0.1, 0.15) is 0 Å². The molecule has 2 fully saturated rings. The van der Waals surface area contributed by atoms with E-state index in [4.69, 9.17) is 11.6 Å². The Labute approximate surface area is 167 Å². The summed E-state index contributed by atoms with van der Waals surface area (Å²) in [5.41, 5.74) is 1.38. The monoisotopic (exact) mass is 407 g/mol. The first-order valence-electron chi connectivity index (χ1n) is 8.84. The molecule has 1 saturated carbocycles. The molecule has 0 aromatic heterocycles. The van der Waals surface area contributed by atoms with Crippen LogP contribution in [0.1, 0.15) is 50.0 Å². The van der Waals surface area contributed by atoms with E-state index in [-0.39, 0.29) is 30.7 Å².